The molecule has 0 aliphatic heterocycles. The molecule has 2 rings (SSSR count). The number of imidazole rings is 1. The van der Waals surface area contributed by atoms with Crippen molar-refractivity contribution in [2.75, 3.05) is 5.73 Å². The summed E-state index contributed by atoms with van der Waals surface area (Å²) in [6.07, 6.45) is 5.44. The van der Waals surface area contributed by atoms with Crippen molar-refractivity contribution in [3.05, 3.63) is 41.5 Å². The number of rotatable bonds is 2. The predicted octanol–water partition coefficient (Wildman–Crippen LogP) is 1.53. The van der Waals surface area contributed by atoms with E-state index >= 15 is 0 Å². The number of anilines is 1. The van der Waals surface area contributed by atoms with Crippen molar-refractivity contribution in [2.24, 2.45) is 0 Å². The van der Waals surface area contributed by atoms with Crippen LogP contribution in [0.4, 0.5) is 5.95 Å². The Balaban J connectivity index is 2.34. The molecule has 0 radical (unpaired) electrons. The molecule has 2 N–H and O–H groups in total. The maximum absolute atomic E-state index is 5.77. The highest BCUT2D eigenvalue weighted by Crippen LogP contribution is 2.12. The first-order valence-electron chi connectivity index (χ1n) is 4.85. The highest BCUT2D eigenvalue weighted by atomic mass is 15.1. The van der Waals surface area contributed by atoms with E-state index in [1.165, 1.54) is 11.1 Å². The highest BCUT2D eigenvalue weighted by molar-refractivity contribution is 5.27. The first-order chi connectivity index (χ1) is 7.18. The summed E-state index contributed by atoms with van der Waals surface area (Å²) in [4.78, 5) is 8.17. The van der Waals surface area contributed by atoms with Crippen molar-refractivity contribution < 1.29 is 0 Å². The van der Waals surface area contributed by atoms with Crippen molar-refractivity contribution in [1.82, 2.24) is 14.5 Å². The first kappa shape index (κ1) is 9.71. The van der Waals surface area contributed by atoms with Gasteiger partial charge in [0.15, 0.2) is 0 Å². The zero-order valence-corrected chi connectivity index (χ0v) is 8.94. The number of nitrogens with zero attached hydrogens (tertiary/aromatic N) is 3. The summed E-state index contributed by atoms with van der Waals surface area (Å²) >= 11 is 0. The molecular weight excluding hydrogens is 188 g/mol. The lowest BCUT2D eigenvalue weighted by Crippen LogP contribution is -2.07. The Bertz CT molecular complexity index is 454. The molecule has 78 valence electrons. The van der Waals surface area contributed by atoms with Crippen molar-refractivity contribution in [2.45, 2.75) is 20.4 Å². The summed E-state index contributed by atoms with van der Waals surface area (Å²) in [6.45, 7) is 4.80. The van der Waals surface area contributed by atoms with Gasteiger partial charge >= 0.3 is 0 Å². The van der Waals surface area contributed by atoms with Crippen LogP contribution in [0.5, 0.6) is 0 Å². The summed E-state index contributed by atoms with van der Waals surface area (Å²) in [5, 5.41) is 0. The standard InChI is InChI=1S/C11H14N4/c1-8-3-4-13-6-10(8)7-15-9(2)5-14-11(15)12/h3-6H,7H2,1-2H3,(H2,12,14). The van der Waals surface area contributed by atoms with E-state index in [0.29, 0.717) is 5.95 Å². The van der Waals surface area contributed by atoms with E-state index in [9.17, 15) is 0 Å². The second kappa shape index (κ2) is 3.73. The summed E-state index contributed by atoms with van der Waals surface area (Å²) in [7, 11) is 0. The molecule has 2 heterocycles. The van der Waals surface area contributed by atoms with Gasteiger partial charge in [0.2, 0.25) is 5.95 Å². The molecule has 0 unspecified atom stereocenters. The number of hydrogen-bond acceptors (Lipinski definition) is 3. The maximum Gasteiger partial charge on any atom is 0.200 e. The Morgan fingerprint density at radius 2 is 2.13 bits per heavy atom. The SMILES string of the molecule is Cc1ccncc1Cn1c(C)cnc1N. The average molecular weight is 202 g/mol. The van der Waals surface area contributed by atoms with Gasteiger partial charge in [-0.1, -0.05) is 0 Å². The van der Waals surface area contributed by atoms with E-state index in [2.05, 4.69) is 16.9 Å². The van der Waals surface area contributed by atoms with Gasteiger partial charge in [-0.05, 0) is 31.0 Å². The molecule has 4 nitrogen and oxygen atoms in total. The lowest BCUT2D eigenvalue weighted by molar-refractivity contribution is 0.774. The van der Waals surface area contributed by atoms with Gasteiger partial charge in [-0.15, -0.1) is 0 Å². The molecule has 4 heteroatoms. The van der Waals surface area contributed by atoms with Crippen LogP contribution in [-0.2, 0) is 6.54 Å². The van der Waals surface area contributed by atoms with Crippen LogP contribution in [-0.4, -0.2) is 14.5 Å². The van der Waals surface area contributed by atoms with Crippen molar-refractivity contribution in [3.8, 4) is 0 Å². The van der Waals surface area contributed by atoms with Crippen LogP contribution in [0.25, 0.3) is 0 Å². The van der Waals surface area contributed by atoms with Gasteiger partial charge in [-0.2, -0.15) is 0 Å². The molecule has 0 aliphatic rings. The van der Waals surface area contributed by atoms with Crippen molar-refractivity contribution in [1.29, 1.82) is 0 Å². The number of aryl methyl sites for hydroxylation is 2. The Hall–Kier alpha value is -1.84. The minimum absolute atomic E-state index is 0.552. The molecule has 0 bridgehead atoms. The van der Waals surface area contributed by atoms with Gasteiger partial charge in [0, 0.05) is 18.1 Å². The molecule has 0 aromatic carbocycles. The second-order valence-corrected chi connectivity index (χ2v) is 3.65. The van der Waals surface area contributed by atoms with Crippen LogP contribution < -0.4 is 5.73 Å². The smallest absolute Gasteiger partial charge is 0.200 e. The third kappa shape index (κ3) is 1.83. The molecule has 15 heavy (non-hydrogen) atoms. The monoisotopic (exact) mass is 202 g/mol. The minimum atomic E-state index is 0.552. The van der Waals surface area contributed by atoms with Crippen molar-refractivity contribution in [3.63, 3.8) is 0 Å². The van der Waals surface area contributed by atoms with Gasteiger partial charge < -0.3 is 10.3 Å². The van der Waals surface area contributed by atoms with Crippen LogP contribution in [0.1, 0.15) is 16.8 Å². The molecule has 2 aromatic heterocycles. The van der Waals surface area contributed by atoms with Gasteiger partial charge in [-0.3, -0.25) is 4.98 Å². The molecule has 0 spiro atoms. The summed E-state index contributed by atoms with van der Waals surface area (Å²) in [5.41, 5.74) is 9.23. The van der Waals surface area contributed by atoms with E-state index in [1.807, 2.05) is 23.8 Å². The van der Waals surface area contributed by atoms with Gasteiger partial charge in [0.25, 0.3) is 0 Å². The van der Waals surface area contributed by atoms with Crippen molar-refractivity contribution >= 4 is 5.95 Å². The van der Waals surface area contributed by atoms with Crippen LogP contribution >= 0.6 is 0 Å². The van der Waals surface area contributed by atoms with E-state index in [1.54, 1.807) is 12.4 Å². The molecular formula is C11H14N4. The quantitative estimate of drug-likeness (QED) is 0.803. The fraction of sp³-hybridized carbons (Fsp3) is 0.273. The Morgan fingerprint density at radius 1 is 1.33 bits per heavy atom. The van der Waals surface area contributed by atoms with Gasteiger partial charge in [0.1, 0.15) is 0 Å². The van der Waals surface area contributed by atoms with Crippen LogP contribution in [0.15, 0.2) is 24.7 Å². The fourth-order valence-corrected chi connectivity index (χ4v) is 1.52. The van der Waals surface area contributed by atoms with Crippen LogP contribution in [0.2, 0.25) is 0 Å². The normalized spacial score (nSPS) is 10.5. The molecule has 0 fully saturated rings. The molecule has 0 amide bonds. The Labute approximate surface area is 88.8 Å². The largest absolute Gasteiger partial charge is 0.369 e. The predicted molar refractivity (Wildman–Crippen MR) is 59.5 cm³/mol. The molecule has 0 aliphatic carbocycles. The van der Waals surface area contributed by atoms with E-state index in [0.717, 1.165) is 12.2 Å². The second-order valence-electron chi connectivity index (χ2n) is 3.65. The summed E-state index contributed by atoms with van der Waals surface area (Å²) in [5.74, 6) is 0.552. The number of aromatic nitrogens is 3. The number of nitrogens with two attached hydrogens (primary N) is 1. The highest BCUT2D eigenvalue weighted by Gasteiger charge is 2.05. The Morgan fingerprint density at radius 3 is 2.73 bits per heavy atom. The van der Waals surface area contributed by atoms with Gasteiger partial charge in [-0.25, -0.2) is 4.98 Å². The number of nitrogen functional groups attached to an aromatic ring is 1. The zero-order valence-electron chi connectivity index (χ0n) is 8.94. The molecule has 0 saturated carbocycles. The molecule has 0 saturated heterocycles. The van der Waals surface area contributed by atoms with Gasteiger partial charge in [0.05, 0.1) is 12.7 Å². The lowest BCUT2D eigenvalue weighted by atomic mass is 10.1. The number of pyridine rings is 1. The fourth-order valence-electron chi connectivity index (χ4n) is 1.52. The molecule has 2 aromatic rings. The maximum atomic E-state index is 5.77. The number of hydrogen-bond donors (Lipinski definition) is 1. The van der Waals surface area contributed by atoms with Crippen LogP contribution in [0.3, 0.4) is 0 Å². The van der Waals surface area contributed by atoms with Crippen LogP contribution in [0, 0.1) is 13.8 Å². The average Bonchev–Trinajstić information content (AvgIpc) is 2.53. The first-order valence-corrected chi connectivity index (χ1v) is 4.85. The van der Waals surface area contributed by atoms with E-state index in [-0.39, 0.29) is 0 Å². The summed E-state index contributed by atoms with van der Waals surface area (Å²) in [6, 6.07) is 2.00. The van der Waals surface area contributed by atoms with E-state index in [4.69, 9.17) is 5.73 Å². The minimum Gasteiger partial charge on any atom is -0.369 e. The summed E-state index contributed by atoms with van der Waals surface area (Å²) < 4.78 is 1.98. The third-order valence-electron chi connectivity index (χ3n) is 2.56. The molecule has 0 atom stereocenters. The van der Waals surface area contributed by atoms with E-state index < -0.39 is 0 Å². The topological polar surface area (TPSA) is 56.7 Å². The Kier molecular flexibility index (Phi) is 2.41. The third-order valence-corrected chi connectivity index (χ3v) is 2.56. The lowest BCUT2D eigenvalue weighted by Gasteiger charge is -2.09. The zero-order chi connectivity index (χ0) is 10.8.